The van der Waals surface area contributed by atoms with E-state index in [-0.39, 0.29) is 10.9 Å². The monoisotopic (exact) mass is 258 g/mol. The van der Waals surface area contributed by atoms with Crippen molar-refractivity contribution in [1.29, 1.82) is 0 Å². The number of carbonyl (C=O) groups excluding carboxylic acids is 1. The van der Waals surface area contributed by atoms with E-state index in [4.69, 9.17) is 11.6 Å². The SMILES string of the molecule is CNCCN(C)C(=O)c1cc(C)c(F)cc1Cl. The molecule has 5 heteroatoms. The molecule has 0 spiro atoms. The highest BCUT2D eigenvalue weighted by Gasteiger charge is 2.16. The largest absolute Gasteiger partial charge is 0.340 e. The van der Waals surface area contributed by atoms with Crippen molar-refractivity contribution < 1.29 is 9.18 Å². The maximum Gasteiger partial charge on any atom is 0.255 e. The highest BCUT2D eigenvalue weighted by Crippen LogP contribution is 2.21. The fraction of sp³-hybridized carbons (Fsp3) is 0.417. The van der Waals surface area contributed by atoms with E-state index < -0.39 is 5.82 Å². The van der Waals surface area contributed by atoms with Crippen LogP contribution in [0, 0.1) is 12.7 Å². The quantitative estimate of drug-likeness (QED) is 0.897. The maximum absolute atomic E-state index is 13.2. The molecular weight excluding hydrogens is 243 g/mol. The lowest BCUT2D eigenvalue weighted by Gasteiger charge is -2.18. The molecule has 0 saturated carbocycles. The minimum atomic E-state index is -0.399. The Balaban J connectivity index is 2.92. The fourth-order valence-electron chi connectivity index (χ4n) is 1.41. The molecule has 1 N–H and O–H groups in total. The Bertz CT molecular complexity index is 423. The molecule has 1 aromatic rings. The van der Waals surface area contributed by atoms with Gasteiger partial charge in [0.05, 0.1) is 10.6 Å². The summed E-state index contributed by atoms with van der Waals surface area (Å²) in [5, 5.41) is 3.10. The van der Waals surface area contributed by atoms with E-state index in [0.29, 0.717) is 24.2 Å². The summed E-state index contributed by atoms with van der Waals surface area (Å²) in [5.41, 5.74) is 0.754. The van der Waals surface area contributed by atoms with Crippen LogP contribution < -0.4 is 5.32 Å². The summed E-state index contributed by atoms with van der Waals surface area (Å²) < 4.78 is 13.2. The van der Waals surface area contributed by atoms with E-state index in [2.05, 4.69) is 5.32 Å². The summed E-state index contributed by atoms with van der Waals surface area (Å²) >= 11 is 5.87. The van der Waals surface area contributed by atoms with Crippen LogP contribution in [0.3, 0.4) is 0 Å². The van der Waals surface area contributed by atoms with Gasteiger partial charge in [-0.15, -0.1) is 0 Å². The highest BCUT2D eigenvalue weighted by molar-refractivity contribution is 6.33. The number of rotatable bonds is 4. The lowest BCUT2D eigenvalue weighted by Crippen LogP contribution is -2.33. The highest BCUT2D eigenvalue weighted by atomic mass is 35.5. The number of nitrogens with zero attached hydrogens (tertiary/aromatic N) is 1. The third-order valence-corrected chi connectivity index (χ3v) is 2.84. The second kappa shape index (κ2) is 5.98. The Kier molecular flexibility index (Phi) is 4.90. The van der Waals surface area contributed by atoms with Crippen LogP contribution in [-0.4, -0.2) is 38.0 Å². The number of benzene rings is 1. The van der Waals surface area contributed by atoms with Crippen LogP contribution in [0.5, 0.6) is 0 Å². The van der Waals surface area contributed by atoms with Crippen molar-refractivity contribution in [2.45, 2.75) is 6.92 Å². The molecule has 0 aliphatic rings. The van der Waals surface area contributed by atoms with Gasteiger partial charge in [0.2, 0.25) is 0 Å². The molecular formula is C12H16ClFN2O. The zero-order chi connectivity index (χ0) is 13.0. The summed E-state index contributed by atoms with van der Waals surface area (Å²) in [4.78, 5) is 13.6. The third kappa shape index (κ3) is 3.41. The predicted octanol–water partition coefficient (Wildman–Crippen LogP) is 2.08. The summed E-state index contributed by atoms with van der Waals surface area (Å²) in [6.07, 6.45) is 0. The van der Waals surface area contributed by atoms with Crippen LogP contribution in [0.15, 0.2) is 12.1 Å². The van der Waals surface area contributed by atoms with Gasteiger partial charge in [-0.1, -0.05) is 11.6 Å². The standard InChI is InChI=1S/C12H16ClFN2O/c1-8-6-9(10(13)7-11(8)14)12(17)16(3)5-4-15-2/h6-7,15H,4-5H2,1-3H3. The Labute approximate surface area is 106 Å². The van der Waals surface area contributed by atoms with Gasteiger partial charge in [-0.05, 0) is 31.7 Å². The topological polar surface area (TPSA) is 32.3 Å². The number of hydrogen-bond donors (Lipinski definition) is 1. The first-order chi connectivity index (χ1) is 7.97. The minimum Gasteiger partial charge on any atom is -0.340 e. The van der Waals surface area contributed by atoms with Crippen molar-refractivity contribution in [1.82, 2.24) is 10.2 Å². The first-order valence-corrected chi connectivity index (χ1v) is 5.71. The van der Waals surface area contributed by atoms with Crippen molar-refractivity contribution in [3.05, 3.63) is 34.1 Å². The van der Waals surface area contributed by atoms with Gasteiger partial charge in [0.1, 0.15) is 5.82 Å². The number of hydrogen-bond acceptors (Lipinski definition) is 2. The Morgan fingerprint density at radius 2 is 2.18 bits per heavy atom. The normalized spacial score (nSPS) is 10.4. The molecule has 3 nitrogen and oxygen atoms in total. The first-order valence-electron chi connectivity index (χ1n) is 5.33. The lowest BCUT2D eigenvalue weighted by atomic mass is 10.1. The molecule has 94 valence electrons. The van der Waals surface area contributed by atoms with E-state index in [9.17, 15) is 9.18 Å². The summed E-state index contributed by atoms with van der Waals surface area (Å²) in [7, 11) is 3.50. The molecule has 0 atom stereocenters. The maximum atomic E-state index is 13.2. The molecule has 0 unspecified atom stereocenters. The average molecular weight is 259 g/mol. The zero-order valence-electron chi connectivity index (χ0n) is 10.2. The van der Waals surface area contributed by atoms with Gasteiger partial charge in [0, 0.05) is 20.1 Å². The number of nitrogens with one attached hydrogen (secondary N) is 1. The summed E-state index contributed by atoms with van der Waals surface area (Å²) in [5.74, 6) is -0.599. The first kappa shape index (κ1) is 13.9. The van der Waals surface area contributed by atoms with Gasteiger partial charge in [-0.3, -0.25) is 4.79 Å². The van der Waals surface area contributed by atoms with E-state index >= 15 is 0 Å². The number of carbonyl (C=O) groups is 1. The van der Waals surface area contributed by atoms with Crippen molar-refractivity contribution in [3.8, 4) is 0 Å². The average Bonchev–Trinajstić information content (AvgIpc) is 2.29. The van der Waals surface area contributed by atoms with Crippen LogP contribution in [0.25, 0.3) is 0 Å². The number of amides is 1. The van der Waals surface area contributed by atoms with Gasteiger partial charge in [-0.25, -0.2) is 4.39 Å². The Morgan fingerprint density at radius 1 is 1.53 bits per heavy atom. The van der Waals surface area contributed by atoms with Gasteiger partial charge in [-0.2, -0.15) is 0 Å². The van der Waals surface area contributed by atoms with Crippen LogP contribution >= 0.6 is 11.6 Å². The molecule has 1 rings (SSSR count). The Morgan fingerprint density at radius 3 is 2.76 bits per heavy atom. The zero-order valence-corrected chi connectivity index (χ0v) is 10.9. The van der Waals surface area contributed by atoms with Crippen molar-refractivity contribution in [2.75, 3.05) is 27.2 Å². The molecule has 17 heavy (non-hydrogen) atoms. The van der Waals surface area contributed by atoms with E-state index in [1.807, 2.05) is 7.05 Å². The van der Waals surface area contributed by atoms with Gasteiger partial charge in [0.25, 0.3) is 5.91 Å². The van der Waals surface area contributed by atoms with Gasteiger partial charge in [0.15, 0.2) is 0 Å². The van der Waals surface area contributed by atoms with Crippen molar-refractivity contribution in [3.63, 3.8) is 0 Å². The van der Waals surface area contributed by atoms with Crippen molar-refractivity contribution >= 4 is 17.5 Å². The smallest absolute Gasteiger partial charge is 0.255 e. The van der Waals surface area contributed by atoms with Crippen LogP contribution in [0.4, 0.5) is 4.39 Å². The second-order valence-electron chi connectivity index (χ2n) is 3.91. The van der Waals surface area contributed by atoms with Crippen molar-refractivity contribution in [2.24, 2.45) is 0 Å². The molecule has 0 saturated heterocycles. The molecule has 0 fully saturated rings. The molecule has 1 aromatic carbocycles. The summed E-state index contributed by atoms with van der Waals surface area (Å²) in [6.45, 7) is 2.87. The third-order valence-electron chi connectivity index (χ3n) is 2.52. The Hall–Kier alpha value is -1.13. The molecule has 0 aliphatic heterocycles. The fourth-order valence-corrected chi connectivity index (χ4v) is 1.64. The molecule has 0 bridgehead atoms. The lowest BCUT2D eigenvalue weighted by molar-refractivity contribution is 0.0797. The number of likely N-dealkylation sites (N-methyl/N-ethyl adjacent to an activating group) is 2. The molecule has 0 aromatic heterocycles. The molecule has 0 radical (unpaired) electrons. The predicted molar refractivity (Wildman–Crippen MR) is 67.0 cm³/mol. The van der Waals surface area contributed by atoms with Crippen LogP contribution in [0.2, 0.25) is 5.02 Å². The van der Waals surface area contributed by atoms with Crippen LogP contribution in [-0.2, 0) is 0 Å². The second-order valence-corrected chi connectivity index (χ2v) is 4.32. The van der Waals surface area contributed by atoms with E-state index in [0.717, 1.165) is 0 Å². The van der Waals surface area contributed by atoms with Gasteiger partial charge >= 0.3 is 0 Å². The number of aryl methyl sites for hydroxylation is 1. The minimum absolute atomic E-state index is 0.148. The number of halogens is 2. The molecule has 0 heterocycles. The van der Waals surface area contributed by atoms with Gasteiger partial charge < -0.3 is 10.2 Å². The van der Waals surface area contributed by atoms with E-state index in [1.54, 1.807) is 18.9 Å². The van der Waals surface area contributed by atoms with Crippen LogP contribution in [0.1, 0.15) is 15.9 Å². The molecule has 1 amide bonds. The molecule has 0 aliphatic carbocycles. The summed E-state index contributed by atoms with van der Waals surface area (Å²) in [6, 6.07) is 2.66. The van der Waals surface area contributed by atoms with E-state index in [1.165, 1.54) is 12.1 Å².